The van der Waals surface area contributed by atoms with Gasteiger partial charge in [0.15, 0.2) is 0 Å². The summed E-state index contributed by atoms with van der Waals surface area (Å²) in [6, 6.07) is 0. The van der Waals surface area contributed by atoms with Crippen LogP contribution in [-0.2, 0) is 9.53 Å². The van der Waals surface area contributed by atoms with Crippen LogP contribution in [0.15, 0.2) is 0 Å². The number of ether oxygens (including phenoxy) is 1. The zero-order valence-electron chi connectivity index (χ0n) is 10.5. The molecule has 5 heteroatoms. The van der Waals surface area contributed by atoms with Crippen molar-refractivity contribution in [3.05, 3.63) is 0 Å². The van der Waals surface area contributed by atoms with Gasteiger partial charge in [-0.2, -0.15) is 0 Å². The molecule has 0 radical (unpaired) electrons. The summed E-state index contributed by atoms with van der Waals surface area (Å²) in [6.45, 7) is 6.62. The topological polar surface area (TPSA) is 66.8 Å². The zero-order valence-corrected chi connectivity index (χ0v) is 10.5. The maximum absolute atomic E-state index is 11.8. The van der Waals surface area contributed by atoms with Gasteiger partial charge in [0.25, 0.3) is 0 Å². The number of carbonyl (C=O) groups excluding carboxylic acids is 1. The number of hydrogen-bond donors (Lipinski definition) is 1. The average Bonchev–Trinajstić information content (AvgIpc) is 2.65. The molecule has 1 aliphatic heterocycles. The molecule has 2 atom stereocenters. The molecule has 1 amide bonds. The van der Waals surface area contributed by atoms with Gasteiger partial charge in [0, 0.05) is 18.5 Å². The molecule has 17 heavy (non-hydrogen) atoms. The Labute approximate surface area is 101 Å². The van der Waals surface area contributed by atoms with Crippen molar-refractivity contribution in [3.63, 3.8) is 0 Å². The lowest BCUT2D eigenvalue weighted by molar-refractivity contribution is -0.139. The minimum absolute atomic E-state index is 0.164. The van der Waals surface area contributed by atoms with Crippen LogP contribution >= 0.6 is 0 Å². The van der Waals surface area contributed by atoms with Crippen molar-refractivity contribution >= 4 is 12.1 Å². The predicted octanol–water partition coefficient (Wildman–Crippen LogP) is 1.72. The number of carboxylic acid groups (broad SMARTS) is 1. The van der Waals surface area contributed by atoms with Crippen LogP contribution in [0.4, 0.5) is 4.79 Å². The Morgan fingerprint density at radius 2 is 2.06 bits per heavy atom. The number of likely N-dealkylation sites (tertiary alicyclic amines) is 1. The lowest BCUT2D eigenvalue weighted by Crippen LogP contribution is -2.35. The second-order valence-electron chi connectivity index (χ2n) is 6.11. The van der Waals surface area contributed by atoms with Gasteiger partial charge < -0.3 is 14.7 Å². The second kappa shape index (κ2) is 3.62. The van der Waals surface area contributed by atoms with Crippen molar-refractivity contribution in [2.45, 2.75) is 39.2 Å². The number of carbonyl (C=O) groups is 2. The minimum atomic E-state index is -0.740. The van der Waals surface area contributed by atoms with Gasteiger partial charge >= 0.3 is 12.1 Å². The van der Waals surface area contributed by atoms with E-state index in [0.717, 1.165) is 6.42 Å². The summed E-state index contributed by atoms with van der Waals surface area (Å²) in [5.74, 6) is -1.01. The molecular weight excluding hydrogens is 222 g/mol. The van der Waals surface area contributed by atoms with Gasteiger partial charge in [-0.1, -0.05) is 0 Å². The number of rotatable bonds is 1. The number of carboxylic acids is 1. The summed E-state index contributed by atoms with van der Waals surface area (Å²) in [4.78, 5) is 24.3. The first kappa shape index (κ1) is 12.2. The predicted molar refractivity (Wildman–Crippen MR) is 60.6 cm³/mol. The lowest BCUT2D eigenvalue weighted by Gasteiger charge is -2.24. The normalized spacial score (nSPS) is 31.7. The lowest BCUT2D eigenvalue weighted by atomic mass is 10.0. The number of nitrogens with zero attached hydrogens (tertiary/aromatic N) is 1. The Morgan fingerprint density at radius 1 is 1.41 bits per heavy atom. The first-order valence-electron chi connectivity index (χ1n) is 5.94. The van der Waals surface area contributed by atoms with Crippen LogP contribution < -0.4 is 0 Å². The fraction of sp³-hybridized carbons (Fsp3) is 0.833. The monoisotopic (exact) mass is 241 g/mol. The van der Waals surface area contributed by atoms with Gasteiger partial charge in [0.05, 0.1) is 5.92 Å². The SMILES string of the molecule is CC(C)(C)OC(=O)N1CC[C@]2(C[C@H]2C(=O)O)C1. The van der Waals surface area contributed by atoms with E-state index in [0.29, 0.717) is 19.5 Å². The minimum Gasteiger partial charge on any atom is -0.481 e. The summed E-state index contributed by atoms with van der Waals surface area (Å²) < 4.78 is 5.28. The smallest absolute Gasteiger partial charge is 0.410 e. The van der Waals surface area contributed by atoms with Gasteiger partial charge in [-0.05, 0) is 33.6 Å². The van der Waals surface area contributed by atoms with E-state index in [-0.39, 0.29) is 17.4 Å². The highest BCUT2D eigenvalue weighted by molar-refractivity contribution is 5.76. The Kier molecular flexibility index (Phi) is 2.60. The summed E-state index contributed by atoms with van der Waals surface area (Å²) in [5, 5.41) is 8.96. The van der Waals surface area contributed by atoms with Crippen LogP contribution in [0.2, 0.25) is 0 Å². The van der Waals surface area contributed by atoms with E-state index in [1.54, 1.807) is 4.90 Å². The summed E-state index contributed by atoms with van der Waals surface area (Å²) in [6.07, 6.45) is 1.15. The molecule has 1 aliphatic carbocycles. The standard InChI is InChI=1S/C12H19NO4/c1-11(2,3)17-10(16)13-5-4-12(7-13)6-8(12)9(14)15/h8H,4-7H2,1-3H3,(H,14,15)/t8-,12-/m0/s1. The largest absolute Gasteiger partial charge is 0.481 e. The van der Waals surface area contributed by atoms with Crippen LogP contribution in [0, 0.1) is 11.3 Å². The maximum atomic E-state index is 11.8. The Balaban J connectivity index is 1.91. The van der Waals surface area contributed by atoms with Crippen LogP contribution in [0.25, 0.3) is 0 Å². The van der Waals surface area contributed by atoms with Gasteiger partial charge in [-0.25, -0.2) is 4.79 Å². The molecule has 0 aromatic carbocycles. The Morgan fingerprint density at radius 3 is 2.53 bits per heavy atom. The van der Waals surface area contributed by atoms with Crippen molar-refractivity contribution in [3.8, 4) is 0 Å². The van der Waals surface area contributed by atoms with E-state index in [9.17, 15) is 9.59 Å². The molecule has 5 nitrogen and oxygen atoms in total. The first-order valence-corrected chi connectivity index (χ1v) is 5.94. The van der Waals surface area contributed by atoms with Gasteiger partial charge in [0.1, 0.15) is 5.60 Å². The molecule has 2 rings (SSSR count). The molecule has 2 aliphatic rings. The maximum Gasteiger partial charge on any atom is 0.410 e. The van der Waals surface area contributed by atoms with Crippen molar-refractivity contribution in [1.82, 2.24) is 4.90 Å². The fourth-order valence-electron chi connectivity index (χ4n) is 2.53. The van der Waals surface area contributed by atoms with E-state index in [1.165, 1.54) is 0 Å². The van der Waals surface area contributed by atoms with E-state index in [1.807, 2.05) is 20.8 Å². The molecule has 1 saturated carbocycles. The molecule has 0 bridgehead atoms. The quantitative estimate of drug-likeness (QED) is 0.759. The van der Waals surface area contributed by atoms with E-state index in [2.05, 4.69) is 0 Å². The third-order valence-corrected chi connectivity index (χ3v) is 3.52. The van der Waals surface area contributed by atoms with Crippen LogP contribution in [0.1, 0.15) is 33.6 Å². The van der Waals surface area contributed by atoms with Gasteiger partial charge in [-0.3, -0.25) is 4.79 Å². The number of aliphatic carboxylic acids is 1. The fourth-order valence-corrected chi connectivity index (χ4v) is 2.53. The van der Waals surface area contributed by atoms with Gasteiger partial charge in [-0.15, -0.1) is 0 Å². The van der Waals surface area contributed by atoms with E-state index < -0.39 is 11.6 Å². The summed E-state index contributed by atoms with van der Waals surface area (Å²) >= 11 is 0. The van der Waals surface area contributed by atoms with Gasteiger partial charge in [0.2, 0.25) is 0 Å². The molecule has 1 saturated heterocycles. The Bertz CT molecular complexity index is 360. The molecule has 0 aromatic heterocycles. The van der Waals surface area contributed by atoms with Crippen molar-refractivity contribution in [1.29, 1.82) is 0 Å². The second-order valence-corrected chi connectivity index (χ2v) is 6.11. The molecule has 2 fully saturated rings. The highest BCUT2D eigenvalue weighted by Crippen LogP contribution is 2.58. The summed E-state index contributed by atoms with van der Waals surface area (Å²) in [7, 11) is 0. The van der Waals surface area contributed by atoms with Crippen LogP contribution in [-0.4, -0.2) is 40.8 Å². The van der Waals surface area contributed by atoms with Crippen molar-refractivity contribution in [2.24, 2.45) is 11.3 Å². The van der Waals surface area contributed by atoms with E-state index >= 15 is 0 Å². The van der Waals surface area contributed by atoms with Crippen molar-refractivity contribution in [2.75, 3.05) is 13.1 Å². The van der Waals surface area contributed by atoms with Crippen LogP contribution in [0.5, 0.6) is 0 Å². The van der Waals surface area contributed by atoms with Crippen LogP contribution in [0.3, 0.4) is 0 Å². The third kappa shape index (κ3) is 2.37. The highest BCUT2D eigenvalue weighted by atomic mass is 16.6. The zero-order chi connectivity index (χ0) is 12.8. The molecule has 96 valence electrons. The van der Waals surface area contributed by atoms with E-state index in [4.69, 9.17) is 9.84 Å². The first-order chi connectivity index (χ1) is 7.73. The molecule has 0 aromatic rings. The average molecular weight is 241 g/mol. The molecule has 1 heterocycles. The highest BCUT2D eigenvalue weighted by Gasteiger charge is 2.62. The number of amides is 1. The third-order valence-electron chi connectivity index (χ3n) is 3.52. The molecule has 0 unspecified atom stereocenters. The Hall–Kier alpha value is -1.26. The molecule has 1 N–H and O–H groups in total. The van der Waals surface area contributed by atoms with Crippen molar-refractivity contribution < 1.29 is 19.4 Å². The number of hydrogen-bond acceptors (Lipinski definition) is 3. The molecular formula is C12H19NO4. The summed E-state index contributed by atoms with van der Waals surface area (Å²) in [5.41, 5.74) is -0.661. The molecule has 1 spiro atoms.